The highest BCUT2D eigenvalue weighted by Gasteiger charge is 2.07. The number of hydrogen-bond donors (Lipinski definition) is 1. The lowest BCUT2D eigenvalue weighted by Gasteiger charge is -2.08. The predicted octanol–water partition coefficient (Wildman–Crippen LogP) is 2.97. The lowest BCUT2D eigenvalue weighted by Crippen LogP contribution is -1.97. The molecule has 13 heavy (non-hydrogen) atoms. The van der Waals surface area contributed by atoms with Crippen LogP contribution in [0.1, 0.15) is 0 Å². The molecular formula is C8H7BrFNOS. The summed E-state index contributed by atoms with van der Waals surface area (Å²) in [7, 11) is 1.47. The van der Waals surface area contributed by atoms with Gasteiger partial charge in [0.25, 0.3) is 0 Å². The Morgan fingerprint density at radius 2 is 2.31 bits per heavy atom. The summed E-state index contributed by atoms with van der Waals surface area (Å²) in [5.74, 6) is 0.0496. The van der Waals surface area contributed by atoms with E-state index < -0.39 is 0 Å². The Balaban J connectivity index is 3.15. The van der Waals surface area contributed by atoms with E-state index in [1.807, 2.05) is 0 Å². The Morgan fingerprint density at radius 1 is 1.62 bits per heavy atom. The van der Waals surface area contributed by atoms with E-state index in [9.17, 15) is 4.39 Å². The lowest BCUT2D eigenvalue weighted by molar-refractivity contribution is 0.413. The second kappa shape index (κ2) is 4.53. The van der Waals surface area contributed by atoms with Crippen molar-refractivity contribution in [1.82, 2.24) is 0 Å². The van der Waals surface area contributed by atoms with Gasteiger partial charge in [-0.05, 0) is 22.0 Å². The van der Waals surface area contributed by atoms with Crippen molar-refractivity contribution in [2.45, 2.75) is 0 Å². The Hall–Kier alpha value is -0.680. The molecule has 0 fully saturated rings. The van der Waals surface area contributed by atoms with E-state index in [1.54, 1.807) is 6.07 Å². The number of thiocarbonyl (C=S) groups is 1. The molecule has 0 aliphatic heterocycles. The SMILES string of the molecule is COc1cc(F)c(Br)cc1NC=S. The maximum Gasteiger partial charge on any atom is 0.145 e. The summed E-state index contributed by atoms with van der Waals surface area (Å²) >= 11 is 7.68. The number of rotatable bonds is 3. The number of methoxy groups -OCH3 is 1. The highest BCUT2D eigenvalue weighted by atomic mass is 79.9. The summed E-state index contributed by atoms with van der Waals surface area (Å²) in [5, 5.41) is 2.76. The van der Waals surface area contributed by atoms with Crippen LogP contribution in [-0.2, 0) is 0 Å². The van der Waals surface area contributed by atoms with Gasteiger partial charge in [-0.25, -0.2) is 4.39 Å². The average Bonchev–Trinajstić information content (AvgIpc) is 2.11. The minimum absolute atomic E-state index is 0.368. The van der Waals surface area contributed by atoms with Crippen LogP contribution < -0.4 is 10.1 Å². The molecule has 0 aromatic heterocycles. The van der Waals surface area contributed by atoms with Gasteiger partial charge in [0.2, 0.25) is 0 Å². The van der Waals surface area contributed by atoms with Crippen LogP contribution in [-0.4, -0.2) is 12.6 Å². The third kappa shape index (κ3) is 2.38. The minimum atomic E-state index is -0.369. The third-order valence-corrected chi connectivity index (χ3v) is 2.18. The molecule has 0 saturated heterocycles. The lowest BCUT2D eigenvalue weighted by atomic mass is 10.3. The van der Waals surface area contributed by atoms with E-state index >= 15 is 0 Å². The summed E-state index contributed by atoms with van der Waals surface area (Å²) < 4.78 is 18.3. The van der Waals surface area contributed by atoms with E-state index in [1.165, 1.54) is 18.7 Å². The zero-order valence-electron chi connectivity index (χ0n) is 6.80. The van der Waals surface area contributed by atoms with Crippen molar-refractivity contribution in [1.29, 1.82) is 0 Å². The van der Waals surface area contributed by atoms with Crippen LogP contribution in [0.15, 0.2) is 16.6 Å². The summed E-state index contributed by atoms with van der Waals surface area (Å²) in [6.07, 6.45) is 0. The molecule has 0 saturated carbocycles. The van der Waals surface area contributed by atoms with Crippen LogP contribution in [0, 0.1) is 5.82 Å². The molecule has 0 unspecified atom stereocenters. The van der Waals surface area contributed by atoms with Crippen LogP contribution in [0.25, 0.3) is 0 Å². The van der Waals surface area contributed by atoms with E-state index in [0.717, 1.165) is 0 Å². The van der Waals surface area contributed by atoms with Gasteiger partial charge >= 0.3 is 0 Å². The van der Waals surface area contributed by atoms with Crippen molar-refractivity contribution in [3.05, 3.63) is 22.4 Å². The molecule has 1 rings (SSSR count). The van der Waals surface area contributed by atoms with E-state index in [0.29, 0.717) is 15.9 Å². The topological polar surface area (TPSA) is 21.3 Å². The van der Waals surface area contributed by atoms with Crippen LogP contribution in [0.3, 0.4) is 0 Å². The maximum atomic E-state index is 13.0. The summed E-state index contributed by atoms with van der Waals surface area (Å²) in [6, 6.07) is 2.85. The predicted molar refractivity (Wildman–Crippen MR) is 57.9 cm³/mol. The molecule has 0 heterocycles. The molecule has 0 bridgehead atoms. The fraction of sp³-hybridized carbons (Fsp3) is 0.125. The molecule has 1 N–H and O–H groups in total. The summed E-state index contributed by atoms with van der Waals surface area (Å²) in [6.45, 7) is 0. The van der Waals surface area contributed by atoms with Crippen molar-refractivity contribution in [2.24, 2.45) is 0 Å². The quantitative estimate of drug-likeness (QED) is 0.848. The monoisotopic (exact) mass is 263 g/mol. The standard InChI is InChI=1S/C8H7BrFNOS/c1-12-8-3-6(10)5(9)2-7(8)11-4-13/h2-4H,1H3,(H,11,13). The second-order valence-corrected chi connectivity index (χ2v) is 3.32. The highest BCUT2D eigenvalue weighted by molar-refractivity contribution is 9.10. The molecule has 70 valence electrons. The number of halogens is 2. The third-order valence-electron chi connectivity index (χ3n) is 1.46. The highest BCUT2D eigenvalue weighted by Crippen LogP contribution is 2.30. The number of benzene rings is 1. The first-order chi connectivity index (χ1) is 6.19. The summed E-state index contributed by atoms with van der Waals surface area (Å²) in [5.41, 5.74) is 1.97. The van der Waals surface area contributed by atoms with Crippen LogP contribution >= 0.6 is 28.1 Å². The van der Waals surface area contributed by atoms with Gasteiger partial charge < -0.3 is 10.1 Å². The Bertz CT molecular complexity index is 332. The van der Waals surface area contributed by atoms with Crippen molar-refractivity contribution < 1.29 is 9.13 Å². The molecule has 5 heteroatoms. The van der Waals surface area contributed by atoms with Gasteiger partial charge in [-0.1, -0.05) is 12.2 Å². The van der Waals surface area contributed by atoms with E-state index in [2.05, 4.69) is 33.5 Å². The zero-order chi connectivity index (χ0) is 9.84. The largest absolute Gasteiger partial charge is 0.494 e. The Morgan fingerprint density at radius 3 is 2.85 bits per heavy atom. The van der Waals surface area contributed by atoms with Gasteiger partial charge in [0.05, 0.1) is 22.8 Å². The Labute approximate surface area is 89.2 Å². The second-order valence-electron chi connectivity index (χ2n) is 2.23. The zero-order valence-corrected chi connectivity index (χ0v) is 9.21. The molecule has 0 spiro atoms. The van der Waals surface area contributed by atoms with E-state index in [4.69, 9.17) is 4.74 Å². The van der Waals surface area contributed by atoms with Gasteiger partial charge in [0.15, 0.2) is 0 Å². The number of ether oxygens (including phenoxy) is 1. The van der Waals surface area contributed by atoms with E-state index in [-0.39, 0.29) is 5.82 Å². The molecule has 0 aliphatic rings. The molecule has 1 aromatic rings. The van der Waals surface area contributed by atoms with Gasteiger partial charge in [0.1, 0.15) is 11.6 Å². The first kappa shape index (κ1) is 10.4. The normalized spacial score (nSPS) is 9.46. The van der Waals surface area contributed by atoms with Crippen LogP contribution in [0.4, 0.5) is 10.1 Å². The van der Waals surface area contributed by atoms with Gasteiger partial charge in [0, 0.05) is 6.07 Å². The fourth-order valence-corrected chi connectivity index (χ4v) is 1.34. The molecule has 0 atom stereocenters. The first-order valence-corrected chi connectivity index (χ1v) is 4.68. The molecule has 0 radical (unpaired) electrons. The maximum absolute atomic E-state index is 13.0. The van der Waals surface area contributed by atoms with Gasteiger partial charge in [-0.2, -0.15) is 0 Å². The van der Waals surface area contributed by atoms with Gasteiger partial charge in [-0.3, -0.25) is 0 Å². The van der Waals surface area contributed by atoms with Crippen molar-refractivity contribution in [2.75, 3.05) is 12.4 Å². The fourth-order valence-electron chi connectivity index (χ4n) is 0.874. The average molecular weight is 264 g/mol. The van der Waals surface area contributed by atoms with Gasteiger partial charge in [-0.15, -0.1) is 0 Å². The summed E-state index contributed by atoms with van der Waals surface area (Å²) in [4.78, 5) is 0. The molecule has 0 amide bonds. The van der Waals surface area contributed by atoms with Crippen molar-refractivity contribution in [3.63, 3.8) is 0 Å². The molecule has 1 aromatic carbocycles. The Kier molecular flexibility index (Phi) is 3.62. The minimum Gasteiger partial charge on any atom is -0.494 e. The smallest absolute Gasteiger partial charge is 0.145 e. The number of anilines is 1. The number of nitrogens with one attached hydrogen (secondary N) is 1. The van der Waals surface area contributed by atoms with Crippen molar-refractivity contribution in [3.8, 4) is 5.75 Å². The molecule has 2 nitrogen and oxygen atoms in total. The number of hydrogen-bond acceptors (Lipinski definition) is 2. The van der Waals surface area contributed by atoms with Crippen molar-refractivity contribution >= 4 is 39.3 Å². The van der Waals surface area contributed by atoms with Crippen LogP contribution in [0.2, 0.25) is 0 Å². The van der Waals surface area contributed by atoms with Crippen LogP contribution in [0.5, 0.6) is 5.75 Å². The molecular weight excluding hydrogens is 257 g/mol. The molecule has 0 aliphatic carbocycles. The first-order valence-electron chi connectivity index (χ1n) is 3.42.